The summed E-state index contributed by atoms with van der Waals surface area (Å²) in [6.45, 7) is 5.88. The molecular weight excluding hydrogens is 392 g/mol. The summed E-state index contributed by atoms with van der Waals surface area (Å²) in [5.41, 5.74) is 3.21. The number of nitrogens with zero attached hydrogens (tertiary/aromatic N) is 3. The van der Waals surface area contributed by atoms with Crippen LogP contribution in [-0.2, 0) is 0 Å². The van der Waals surface area contributed by atoms with Crippen LogP contribution in [0.4, 0.5) is 0 Å². The Bertz CT molecular complexity index is 996. The summed E-state index contributed by atoms with van der Waals surface area (Å²) in [5, 5.41) is 4.20. The molecule has 3 aromatic rings. The number of amides is 1. The van der Waals surface area contributed by atoms with Crippen LogP contribution in [0.2, 0.25) is 0 Å². The van der Waals surface area contributed by atoms with E-state index in [0.29, 0.717) is 6.54 Å². The molecule has 30 heavy (non-hydrogen) atoms. The number of rotatable bonds is 7. The lowest BCUT2D eigenvalue weighted by Gasteiger charge is -2.31. The fourth-order valence-electron chi connectivity index (χ4n) is 4.63. The molecule has 4 rings (SSSR count). The van der Waals surface area contributed by atoms with Crippen LogP contribution < -0.4 is 5.32 Å². The van der Waals surface area contributed by atoms with Crippen LogP contribution >= 0.6 is 11.3 Å². The van der Waals surface area contributed by atoms with Crippen LogP contribution in [0.3, 0.4) is 0 Å². The zero-order chi connectivity index (χ0) is 21.1. The molecule has 3 heterocycles. The Morgan fingerprint density at radius 1 is 1.20 bits per heavy atom. The van der Waals surface area contributed by atoms with Gasteiger partial charge in [-0.25, -0.2) is 4.98 Å². The van der Waals surface area contributed by atoms with E-state index in [-0.39, 0.29) is 5.91 Å². The number of aromatic nitrogens is 2. The molecule has 3 aromatic heterocycles. The van der Waals surface area contributed by atoms with Gasteiger partial charge < -0.3 is 14.8 Å². The van der Waals surface area contributed by atoms with Crippen molar-refractivity contribution >= 4 is 27.5 Å². The van der Waals surface area contributed by atoms with Crippen molar-refractivity contribution in [1.82, 2.24) is 19.8 Å². The maximum atomic E-state index is 13.1. The van der Waals surface area contributed by atoms with Gasteiger partial charge in [0.25, 0.3) is 5.91 Å². The van der Waals surface area contributed by atoms with E-state index in [9.17, 15) is 4.79 Å². The molecule has 0 unspecified atom stereocenters. The van der Waals surface area contributed by atoms with Gasteiger partial charge in [0.15, 0.2) is 0 Å². The number of thiophene rings is 1. The number of hydrogen-bond acceptors (Lipinski definition) is 4. The van der Waals surface area contributed by atoms with Gasteiger partial charge in [-0.05, 0) is 71.0 Å². The van der Waals surface area contributed by atoms with Crippen LogP contribution in [0.25, 0.3) is 15.9 Å². The Morgan fingerprint density at radius 2 is 1.93 bits per heavy atom. The van der Waals surface area contributed by atoms with Crippen molar-refractivity contribution in [2.75, 3.05) is 20.1 Å². The van der Waals surface area contributed by atoms with Crippen LogP contribution in [0.1, 0.15) is 59.6 Å². The zero-order valence-corrected chi connectivity index (χ0v) is 19.1. The molecule has 0 aromatic carbocycles. The van der Waals surface area contributed by atoms with Crippen molar-refractivity contribution < 1.29 is 4.79 Å². The molecule has 1 fully saturated rings. The van der Waals surface area contributed by atoms with Crippen LogP contribution in [0, 0.1) is 13.8 Å². The van der Waals surface area contributed by atoms with Crippen molar-refractivity contribution in [3.05, 3.63) is 46.7 Å². The highest BCUT2D eigenvalue weighted by Crippen LogP contribution is 2.34. The molecule has 0 atom stereocenters. The van der Waals surface area contributed by atoms with Crippen molar-refractivity contribution in [2.45, 2.75) is 58.4 Å². The predicted molar refractivity (Wildman–Crippen MR) is 125 cm³/mol. The Kier molecular flexibility index (Phi) is 6.54. The Labute approximate surface area is 183 Å². The average Bonchev–Trinajstić information content (AvgIpc) is 3.30. The molecule has 0 bridgehead atoms. The lowest BCUT2D eigenvalue weighted by molar-refractivity contribution is 0.0954. The second kappa shape index (κ2) is 9.31. The first-order valence-corrected chi connectivity index (χ1v) is 11.9. The molecule has 0 radical (unpaired) electrons. The highest BCUT2D eigenvalue weighted by molar-refractivity contribution is 7.21. The molecule has 6 heteroatoms. The monoisotopic (exact) mass is 424 g/mol. The van der Waals surface area contributed by atoms with Crippen molar-refractivity contribution in [2.24, 2.45) is 0 Å². The van der Waals surface area contributed by atoms with Gasteiger partial charge in [-0.3, -0.25) is 4.79 Å². The maximum Gasteiger partial charge on any atom is 0.263 e. The maximum absolute atomic E-state index is 13.1. The Balaban J connectivity index is 1.46. The summed E-state index contributed by atoms with van der Waals surface area (Å²) in [6, 6.07) is 8.91. The molecule has 1 N–H and O–H groups in total. The van der Waals surface area contributed by atoms with Gasteiger partial charge in [0.1, 0.15) is 9.71 Å². The minimum Gasteiger partial charge on any atom is -0.351 e. The number of carbonyl (C=O) groups is 1. The van der Waals surface area contributed by atoms with Gasteiger partial charge >= 0.3 is 0 Å². The lowest BCUT2D eigenvalue weighted by atomic mass is 9.94. The molecule has 0 saturated heterocycles. The van der Waals surface area contributed by atoms with Gasteiger partial charge in [-0.2, -0.15) is 0 Å². The number of pyridine rings is 1. The minimum atomic E-state index is 0.000759. The summed E-state index contributed by atoms with van der Waals surface area (Å²) < 4.78 is 2.17. The lowest BCUT2D eigenvalue weighted by Crippen LogP contribution is -2.35. The minimum absolute atomic E-state index is 0.000759. The highest BCUT2D eigenvalue weighted by atomic mass is 32.1. The predicted octanol–water partition coefficient (Wildman–Crippen LogP) is 5.09. The van der Waals surface area contributed by atoms with E-state index >= 15 is 0 Å². The van der Waals surface area contributed by atoms with Crippen LogP contribution in [0.5, 0.6) is 0 Å². The van der Waals surface area contributed by atoms with E-state index in [1.54, 1.807) is 6.20 Å². The molecule has 1 saturated carbocycles. The SMILES string of the molecule is Cc1ccc(C)n1-c1c(C(=O)NCCCN(C)C2CCCCC2)sc2ncccc12. The highest BCUT2D eigenvalue weighted by Gasteiger charge is 2.22. The van der Waals surface area contributed by atoms with Crippen molar-refractivity contribution in [3.63, 3.8) is 0 Å². The van der Waals surface area contributed by atoms with Gasteiger partial charge in [-0.1, -0.05) is 19.3 Å². The second-order valence-corrected chi connectivity index (χ2v) is 9.47. The topological polar surface area (TPSA) is 50.2 Å². The number of nitrogens with one attached hydrogen (secondary N) is 1. The summed E-state index contributed by atoms with van der Waals surface area (Å²) >= 11 is 1.48. The fourth-order valence-corrected chi connectivity index (χ4v) is 5.68. The molecule has 1 aliphatic carbocycles. The van der Waals surface area contributed by atoms with Gasteiger partial charge in [0.05, 0.1) is 5.69 Å². The zero-order valence-electron chi connectivity index (χ0n) is 18.3. The quantitative estimate of drug-likeness (QED) is 0.538. The Hall–Kier alpha value is -2.18. The van der Waals surface area contributed by atoms with E-state index in [1.807, 2.05) is 6.07 Å². The summed E-state index contributed by atoms with van der Waals surface area (Å²) in [7, 11) is 2.23. The normalized spacial score (nSPS) is 15.2. The summed E-state index contributed by atoms with van der Waals surface area (Å²) in [5.74, 6) is 0.000759. The van der Waals surface area contributed by atoms with Crippen LogP contribution in [0.15, 0.2) is 30.5 Å². The van der Waals surface area contributed by atoms with E-state index in [1.165, 1.54) is 43.4 Å². The average molecular weight is 425 g/mol. The van der Waals surface area contributed by atoms with Crippen molar-refractivity contribution in [1.29, 1.82) is 0 Å². The number of fused-ring (bicyclic) bond motifs is 1. The van der Waals surface area contributed by atoms with E-state index < -0.39 is 0 Å². The third kappa shape index (κ3) is 4.30. The molecule has 1 aliphatic rings. The third-order valence-electron chi connectivity index (χ3n) is 6.31. The first kappa shape index (κ1) is 21.1. The number of aryl methyl sites for hydroxylation is 2. The molecule has 0 spiro atoms. The molecule has 5 nitrogen and oxygen atoms in total. The van der Waals surface area contributed by atoms with E-state index in [0.717, 1.165) is 51.2 Å². The van der Waals surface area contributed by atoms with Gasteiger partial charge in [0.2, 0.25) is 0 Å². The number of carbonyl (C=O) groups excluding carboxylic acids is 1. The standard InChI is InChI=1S/C24H32N4OS/c1-17-12-13-18(2)28(17)21-20-11-7-14-26-24(20)30-22(21)23(29)25-15-8-16-27(3)19-9-5-4-6-10-19/h7,11-14,19H,4-6,8-10,15-16H2,1-3H3,(H,25,29). The third-order valence-corrected chi connectivity index (χ3v) is 7.41. The van der Waals surface area contributed by atoms with Crippen molar-refractivity contribution in [3.8, 4) is 5.69 Å². The Morgan fingerprint density at radius 3 is 2.67 bits per heavy atom. The molecule has 0 aliphatic heterocycles. The molecule has 1 amide bonds. The first-order valence-electron chi connectivity index (χ1n) is 11.1. The van der Waals surface area contributed by atoms with Crippen LogP contribution in [-0.4, -0.2) is 46.5 Å². The van der Waals surface area contributed by atoms with E-state index in [2.05, 4.69) is 58.9 Å². The molecular formula is C24H32N4OS. The second-order valence-electron chi connectivity index (χ2n) is 8.47. The summed E-state index contributed by atoms with van der Waals surface area (Å²) in [4.78, 5) is 21.8. The molecule has 160 valence electrons. The van der Waals surface area contributed by atoms with E-state index in [4.69, 9.17) is 0 Å². The van der Waals surface area contributed by atoms with Gasteiger partial charge in [0, 0.05) is 35.6 Å². The first-order chi connectivity index (χ1) is 14.6. The largest absolute Gasteiger partial charge is 0.351 e. The summed E-state index contributed by atoms with van der Waals surface area (Å²) in [6.07, 6.45) is 9.49. The fraction of sp³-hybridized carbons (Fsp3) is 0.500. The smallest absolute Gasteiger partial charge is 0.263 e. The van der Waals surface area contributed by atoms with Gasteiger partial charge in [-0.15, -0.1) is 11.3 Å². The number of hydrogen-bond donors (Lipinski definition) is 1.